The summed E-state index contributed by atoms with van der Waals surface area (Å²) in [6, 6.07) is 20.4. The number of esters is 1. The zero-order valence-electron chi connectivity index (χ0n) is 16.8. The van der Waals surface area contributed by atoms with Crippen molar-refractivity contribution in [1.82, 2.24) is 4.72 Å². The Kier molecular flexibility index (Phi) is 5.02. The molecule has 1 aliphatic rings. The number of rotatable bonds is 5. The summed E-state index contributed by atoms with van der Waals surface area (Å²) in [6.07, 6.45) is 0. The molecule has 3 aromatic carbocycles. The highest BCUT2D eigenvalue weighted by Gasteiger charge is 2.51. The molecule has 0 spiro atoms. The van der Waals surface area contributed by atoms with E-state index >= 15 is 0 Å². The van der Waals surface area contributed by atoms with E-state index in [-0.39, 0.29) is 4.90 Å². The van der Waals surface area contributed by atoms with E-state index in [1.807, 2.05) is 30.3 Å². The Bertz CT molecular complexity index is 1330. The Hall–Kier alpha value is -3.65. The lowest BCUT2D eigenvalue weighted by molar-refractivity contribution is -0.142. The van der Waals surface area contributed by atoms with E-state index in [4.69, 9.17) is 9.47 Å². The van der Waals surface area contributed by atoms with Gasteiger partial charge in [0.1, 0.15) is 0 Å². The van der Waals surface area contributed by atoms with Crippen molar-refractivity contribution in [3.8, 4) is 0 Å². The maximum absolute atomic E-state index is 13.3. The predicted molar refractivity (Wildman–Crippen MR) is 113 cm³/mol. The number of carbonyl (C=O) groups is 2. The van der Waals surface area contributed by atoms with Crippen molar-refractivity contribution < 1.29 is 27.5 Å². The minimum absolute atomic E-state index is 0.0283. The molecule has 0 aromatic heterocycles. The van der Waals surface area contributed by atoms with Gasteiger partial charge in [0, 0.05) is 12.5 Å². The zero-order valence-corrected chi connectivity index (χ0v) is 17.6. The van der Waals surface area contributed by atoms with Crippen LogP contribution in [-0.4, -0.2) is 20.2 Å². The van der Waals surface area contributed by atoms with Gasteiger partial charge in [-0.15, -0.1) is 0 Å². The lowest BCUT2D eigenvalue weighted by atomic mass is 9.87. The molecule has 0 saturated carbocycles. The number of hydrogen-bond acceptors (Lipinski definition) is 6. The van der Waals surface area contributed by atoms with Crippen molar-refractivity contribution in [2.75, 3.05) is 0 Å². The molecule has 0 radical (unpaired) electrons. The van der Waals surface area contributed by atoms with Gasteiger partial charge in [-0.3, -0.25) is 9.59 Å². The van der Waals surface area contributed by atoms with Gasteiger partial charge in [-0.05, 0) is 29.8 Å². The number of fused-ring (bicyclic) bond motifs is 1. The normalized spacial score (nSPS) is 18.7. The Morgan fingerprint density at radius 2 is 1.61 bits per heavy atom. The second kappa shape index (κ2) is 7.55. The highest BCUT2D eigenvalue weighted by Crippen LogP contribution is 2.41. The van der Waals surface area contributed by atoms with E-state index in [1.165, 1.54) is 19.1 Å². The fraction of sp³-hybridized carbons (Fsp3) is 0.130. The molecule has 0 aliphatic carbocycles. The zero-order chi connectivity index (χ0) is 22.2. The van der Waals surface area contributed by atoms with E-state index in [0.717, 1.165) is 17.7 Å². The number of carbonyl (C=O) groups excluding carboxylic acids is 2. The molecule has 1 heterocycles. The van der Waals surface area contributed by atoms with Gasteiger partial charge in [0.2, 0.25) is 5.76 Å². The van der Waals surface area contributed by atoms with Crippen LogP contribution in [0.15, 0.2) is 89.3 Å². The number of ketones is 1. The first kappa shape index (κ1) is 20.6. The Morgan fingerprint density at radius 3 is 2.32 bits per heavy atom. The summed E-state index contributed by atoms with van der Waals surface area (Å²) < 4.78 is 38.9. The maximum atomic E-state index is 13.3. The highest BCUT2D eigenvalue weighted by molar-refractivity contribution is 7.89. The minimum atomic E-state index is -4.09. The first-order valence-electron chi connectivity index (χ1n) is 9.45. The first-order valence-corrected chi connectivity index (χ1v) is 10.9. The molecule has 31 heavy (non-hydrogen) atoms. The summed E-state index contributed by atoms with van der Waals surface area (Å²) in [6.45, 7) is 2.64. The fourth-order valence-electron chi connectivity index (χ4n) is 3.52. The molecule has 0 amide bonds. The van der Waals surface area contributed by atoms with Crippen molar-refractivity contribution in [1.29, 1.82) is 0 Å². The molecule has 4 rings (SSSR count). The molecule has 7 nitrogen and oxygen atoms in total. The molecule has 158 valence electrons. The van der Waals surface area contributed by atoms with Crippen LogP contribution in [0.4, 0.5) is 0 Å². The van der Waals surface area contributed by atoms with E-state index in [9.17, 15) is 18.0 Å². The smallest absolute Gasteiger partial charge is 0.308 e. The van der Waals surface area contributed by atoms with E-state index < -0.39 is 39.0 Å². The average molecular weight is 437 g/mol. The summed E-state index contributed by atoms with van der Waals surface area (Å²) in [5.41, 5.74) is -1.07. The molecule has 8 heteroatoms. The van der Waals surface area contributed by atoms with Gasteiger partial charge in [0.15, 0.2) is 5.60 Å². The van der Waals surface area contributed by atoms with Crippen LogP contribution in [-0.2, 0) is 34.7 Å². The van der Waals surface area contributed by atoms with Gasteiger partial charge in [-0.1, -0.05) is 60.7 Å². The number of nitrogens with one attached hydrogen (secondary N) is 1. The Morgan fingerprint density at radius 1 is 0.968 bits per heavy atom. The van der Waals surface area contributed by atoms with Crippen LogP contribution in [0.25, 0.3) is 10.8 Å². The maximum Gasteiger partial charge on any atom is 0.308 e. The number of ether oxygens (including phenoxy) is 2. The second-order valence-corrected chi connectivity index (χ2v) is 8.84. The first-order chi connectivity index (χ1) is 14.7. The SMILES string of the molecule is CC(=O)OC1=C(NS(=O)(=O)c2ccccc2)OC(C)(c2cccc3ccccc23)C1=O. The van der Waals surface area contributed by atoms with Crippen molar-refractivity contribution in [2.24, 2.45) is 0 Å². The molecule has 1 N–H and O–H groups in total. The molecule has 0 bridgehead atoms. The molecule has 0 saturated heterocycles. The molecular weight excluding hydrogens is 418 g/mol. The van der Waals surface area contributed by atoms with Gasteiger partial charge < -0.3 is 9.47 Å². The monoisotopic (exact) mass is 437 g/mol. The summed E-state index contributed by atoms with van der Waals surface area (Å²) in [4.78, 5) is 25.0. The molecule has 0 fully saturated rings. The van der Waals surface area contributed by atoms with Gasteiger partial charge in [-0.2, -0.15) is 0 Å². The third-order valence-corrected chi connectivity index (χ3v) is 6.33. The van der Waals surface area contributed by atoms with Crippen LogP contribution in [0, 0.1) is 0 Å². The standard InChI is InChI=1S/C23H19NO6S/c1-15(25)29-20-21(26)23(2,19-14-8-10-16-9-6-7-13-18(16)19)30-22(20)24-31(27,28)17-11-4-3-5-12-17/h3-14,24H,1-2H3. The van der Waals surface area contributed by atoms with Crippen LogP contribution in [0.3, 0.4) is 0 Å². The molecular formula is C23H19NO6S. The summed E-state index contributed by atoms with van der Waals surface area (Å²) in [7, 11) is -4.09. The lowest BCUT2D eigenvalue weighted by Crippen LogP contribution is -2.32. The molecule has 1 aliphatic heterocycles. The largest absolute Gasteiger partial charge is 0.456 e. The van der Waals surface area contributed by atoms with Crippen molar-refractivity contribution in [2.45, 2.75) is 24.3 Å². The molecule has 3 aromatic rings. The third kappa shape index (κ3) is 3.66. The van der Waals surface area contributed by atoms with Crippen molar-refractivity contribution >= 4 is 32.5 Å². The lowest BCUT2D eigenvalue weighted by Gasteiger charge is -2.25. The van der Waals surface area contributed by atoms with Crippen LogP contribution >= 0.6 is 0 Å². The molecule has 1 unspecified atom stereocenters. The number of Topliss-reactive ketones (excluding diaryl/α,β-unsaturated/α-hetero) is 1. The van der Waals surface area contributed by atoms with Crippen molar-refractivity contribution in [3.05, 3.63) is 90.0 Å². The van der Waals surface area contributed by atoms with Crippen molar-refractivity contribution in [3.63, 3.8) is 0 Å². The number of sulfonamides is 1. The van der Waals surface area contributed by atoms with Gasteiger partial charge in [0.25, 0.3) is 21.7 Å². The summed E-state index contributed by atoms with van der Waals surface area (Å²) in [5, 5.41) is 1.64. The van der Waals surface area contributed by atoms with Gasteiger partial charge >= 0.3 is 5.97 Å². The van der Waals surface area contributed by atoms with Crippen LogP contribution in [0.2, 0.25) is 0 Å². The average Bonchev–Trinajstić information content (AvgIpc) is 2.98. The highest BCUT2D eigenvalue weighted by atomic mass is 32.2. The van der Waals surface area contributed by atoms with Crippen LogP contribution in [0.1, 0.15) is 19.4 Å². The van der Waals surface area contributed by atoms with Crippen LogP contribution < -0.4 is 4.72 Å². The Labute approximate surface area is 179 Å². The summed E-state index contributed by atoms with van der Waals surface area (Å²) in [5.74, 6) is -2.35. The Balaban J connectivity index is 1.80. The van der Waals surface area contributed by atoms with E-state index in [2.05, 4.69) is 4.72 Å². The van der Waals surface area contributed by atoms with E-state index in [1.54, 1.807) is 30.3 Å². The fourth-order valence-corrected chi connectivity index (χ4v) is 4.53. The van der Waals surface area contributed by atoms with Gasteiger partial charge in [-0.25, -0.2) is 13.1 Å². The minimum Gasteiger partial charge on any atom is -0.456 e. The van der Waals surface area contributed by atoms with Gasteiger partial charge in [0.05, 0.1) is 4.90 Å². The third-order valence-electron chi connectivity index (χ3n) is 4.98. The van der Waals surface area contributed by atoms with Crippen LogP contribution in [0.5, 0.6) is 0 Å². The quantitative estimate of drug-likeness (QED) is 0.615. The summed E-state index contributed by atoms with van der Waals surface area (Å²) >= 11 is 0. The predicted octanol–water partition coefficient (Wildman–Crippen LogP) is 3.37. The van der Waals surface area contributed by atoms with E-state index in [0.29, 0.717) is 5.56 Å². The number of hydrogen-bond donors (Lipinski definition) is 1. The topological polar surface area (TPSA) is 98.8 Å². The molecule has 1 atom stereocenters. The number of benzene rings is 3. The second-order valence-electron chi connectivity index (χ2n) is 7.16.